The minimum absolute atomic E-state index is 0.00531. The number of hydrogen-bond acceptors (Lipinski definition) is 4. The number of aldehydes is 1. The predicted molar refractivity (Wildman–Crippen MR) is 77.2 cm³/mol. The highest BCUT2D eigenvalue weighted by Gasteiger charge is 2.21. The fraction of sp³-hybridized carbons (Fsp3) is 0.0588. The van der Waals surface area contributed by atoms with Crippen molar-refractivity contribution in [1.82, 2.24) is 0 Å². The Morgan fingerprint density at radius 3 is 2.52 bits per heavy atom. The van der Waals surface area contributed by atoms with Gasteiger partial charge in [0.25, 0.3) is 0 Å². The van der Waals surface area contributed by atoms with Gasteiger partial charge in [0, 0.05) is 5.39 Å². The first-order chi connectivity index (χ1) is 10.3. The van der Waals surface area contributed by atoms with Gasteiger partial charge in [-0.15, -0.1) is 0 Å². The van der Waals surface area contributed by atoms with Crippen molar-refractivity contribution in [2.24, 2.45) is 0 Å². The van der Waals surface area contributed by atoms with Crippen LogP contribution in [-0.4, -0.2) is 12.3 Å². The third-order valence-corrected chi connectivity index (χ3v) is 3.15. The number of rotatable bonds is 4. The van der Waals surface area contributed by atoms with Crippen LogP contribution in [0.3, 0.4) is 0 Å². The van der Waals surface area contributed by atoms with Crippen LogP contribution in [0.4, 0.5) is 0 Å². The molecule has 0 aliphatic rings. The Bertz CT molecular complexity index is 787. The maximum absolute atomic E-state index is 12.2. The summed E-state index contributed by atoms with van der Waals surface area (Å²) in [5.74, 6) is -0.569. The zero-order valence-corrected chi connectivity index (χ0v) is 11.1. The van der Waals surface area contributed by atoms with E-state index in [1.54, 1.807) is 24.3 Å². The second kappa shape index (κ2) is 5.63. The van der Waals surface area contributed by atoms with Crippen LogP contribution < -0.4 is 0 Å². The van der Waals surface area contributed by atoms with E-state index in [0.717, 1.165) is 5.56 Å². The van der Waals surface area contributed by atoms with Crippen molar-refractivity contribution in [3.05, 3.63) is 71.5 Å². The number of hydrogen-bond donors (Lipinski definition) is 0. The molecule has 0 amide bonds. The summed E-state index contributed by atoms with van der Waals surface area (Å²) in [4.78, 5) is 23.3. The molecule has 0 radical (unpaired) electrons. The molecular formula is C17H12O4. The number of benzene rings is 2. The molecule has 3 aromatic rings. The highest BCUT2D eigenvalue weighted by Crippen LogP contribution is 2.25. The van der Waals surface area contributed by atoms with Crippen molar-refractivity contribution in [1.29, 1.82) is 0 Å². The molecule has 1 heterocycles. The average molecular weight is 280 g/mol. The largest absolute Gasteiger partial charge is 0.457 e. The van der Waals surface area contributed by atoms with Gasteiger partial charge in [-0.25, -0.2) is 4.79 Å². The van der Waals surface area contributed by atoms with Crippen LogP contribution in [0.1, 0.15) is 26.5 Å². The molecule has 0 aliphatic heterocycles. The Balaban J connectivity index is 1.89. The molecule has 4 heteroatoms. The lowest BCUT2D eigenvalue weighted by atomic mass is 10.1. The molecule has 104 valence electrons. The highest BCUT2D eigenvalue weighted by atomic mass is 16.5. The van der Waals surface area contributed by atoms with E-state index in [9.17, 15) is 9.59 Å². The summed E-state index contributed by atoms with van der Waals surface area (Å²) in [6.45, 7) is 0.150. The summed E-state index contributed by atoms with van der Waals surface area (Å²) in [7, 11) is 0. The molecule has 0 bridgehead atoms. The Morgan fingerprint density at radius 1 is 1.05 bits per heavy atom. The Hall–Kier alpha value is -2.88. The van der Waals surface area contributed by atoms with Crippen molar-refractivity contribution in [3.63, 3.8) is 0 Å². The minimum atomic E-state index is -0.564. The molecule has 0 aliphatic carbocycles. The topological polar surface area (TPSA) is 56.5 Å². The molecule has 21 heavy (non-hydrogen) atoms. The van der Waals surface area contributed by atoms with Gasteiger partial charge in [-0.2, -0.15) is 0 Å². The van der Waals surface area contributed by atoms with E-state index < -0.39 is 5.97 Å². The lowest BCUT2D eigenvalue weighted by Crippen LogP contribution is -2.06. The van der Waals surface area contributed by atoms with E-state index >= 15 is 0 Å². The van der Waals surface area contributed by atoms with E-state index in [4.69, 9.17) is 9.15 Å². The zero-order chi connectivity index (χ0) is 14.7. The maximum atomic E-state index is 12.2. The Labute approximate surface area is 120 Å². The first-order valence-corrected chi connectivity index (χ1v) is 6.47. The van der Waals surface area contributed by atoms with Gasteiger partial charge in [-0.3, -0.25) is 4.79 Å². The number of esters is 1. The molecule has 3 rings (SSSR count). The molecule has 0 fully saturated rings. The third-order valence-electron chi connectivity index (χ3n) is 3.15. The molecule has 0 saturated carbocycles. The van der Waals surface area contributed by atoms with Crippen LogP contribution in [0.5, 0.6) is 0 Å². The molecule has 0 spiro atoms. The molecule has 0 unspecified atom stereocenters. The average Bonchev–Trinajstić information content (AvgIpc) is 2.92. The number of fused-ring (bicyclic) bond motifs is 1. The lowest BCUT2D eigenvalue weighted by Gasteiger charge is -2.04. The Kier molecular flexibility index (Phi) is 3.51. The van der Waals surface area contributed by atoms with E-state index in [1.165, 1.54) is 0 Å². The first-order valence-electron chi connectivity index (χ1n) is 6.47. The summed E-state index contributed by atoms with van der Waals surface area (Å²) < 4.78 is 10.6. The smallest absolute Gasteiger partial charge is 0.343 e. The van der Waals surface area contributed by atoms with E-state index in [0.29, 0.717) is 17.3 Å². The van der Waals surface area contributed by atoms with Crippen molar-refractivity contribution >= 4 is 23.2 Å². The fourth-order valence-electron chi connectivity index (χ4n) is 2.15. The second-order valence-electron chi connectivity index (χ2n) is 4.52. The molecule has 0 N–H and O–H groups in total. The normalized spacial score (nSPS) is 10.5. The van der Waals surface area contributed by atoms with E-state index in [2.05, 4.69) is 0 Å². The van der Waals surface area contributed by atoms with Crippen molar-refractivity contribution in [2.45, 2.75) is 6.61 Å². The van der Waals surface area contributed by atoms with Gasteiger partial charge in [0.15, 0.2) is 12.0 Å². The van der Waals surface area contributed by atoms with Gasteiger partial charge in [0.2, 0.25) is 0 Å². The van der Waals surface area contributed by atoms with Crippen molar-refractivity contribution in [2.75, 3.05) is 0 Å². The van der Waals surface area contributed by atoms with Crippen LogP contribution >= 0.6 is 0 Å². The van der Waals surface area contributed by atoms with Crippen LogP contribution in [0, 0.1) is 0 Å². The van der Waals surface area contributed by atoms with Gasteiger partial charge in [0.05, 0.1) is 0 Å². The molecule has 0 saturated heterocycles. The fourth-order valence-corrected chi connectivity index (χ4v) is 2.15. The number of carbonyl (C=O) groups excluding carboxylic acids is 2. The van der Waals surface area contributed by atoms with Gasteiger partial charge in [-0.1, -0.05) is 48.5 Å². The van der Waals surface area contributed by atoms with E-state index in [-0.39, 0.29) is 17.9 Å². The monoisotopic (exact) mass is 280 g/mol. The molecule has 0 atom stereocenters. The Morgan fingerprint density at radius 2 is 1.76 bits per heavy atom. The lowest BCUT2D eigenvalue weighted by molar-refractivity contribution is 0.0471. The van der Waals surface area contributed by atoms with Crippen LogP contribution in [0.25, 0.3) is 11.0 Å². The summed E-state index contributed by atoms with van der Waals surface area (Å²) in [6.07, 6.45) is 0.527. The summed E-state index contributed by atoms with van der Waals surface area (Å²) in [5.41, 5.74) is 1.55. The number of ether oxygens (including phenoxy) is 1. The van der Waals surface area contributed by atoms with Crippen LogP contribution in [0.2, 0.25) is 0 Å². The molecule has 4 nitrogen and oxygen atoms in total. The summed E-state index contributed by atoms with van der Waals surface area (Å²) in [6, 6.07) is 16.3. The maximum Gasteiger partial charge on any atom is 0.343 e. The number of furan rings is 1. The van der Waals surface area contributed by atoms with Gasteiger partial charge in [-0.05, 0) is 11.6 Å². The minimum Gasteiger partial charge on any atom is -0.457 e. The van der Waals surface area contributed by atoms with Gasteiger partial charge < -0.3 is 9.15 Å². The standard InChI is InChI=1S/C17H12O4/c18-10-15-16(13-8-4-5-9-14(13)21-15)17(19)20-11-12-6-2-1-3-7-12/h1-10H,11H2. The van der Waals surface area contributed by atoms with Gasteiger partial charge in [0.1, 0.15) is 17.8 Å². The zero-order valence-electron chi connectivity index (χ0n) is 11.1. The summed E-state index contributed by atoms with van der Waals surface area (Å²) >= 11 is 0. The third kappa shape index (κ3) is 2.56. The quantitative estimate of drug-likeness (QED) is 0.541. The van der Waals surface area contributed by atoms with Crippen molar-refractivity contribution < 1.29 is 18.7 Å². The molecular weight excluding hydrogens is 268 g/mol. The highest BCUT2D eigenvalue weighted by molar-refractivity contribution is 6.08. The number of para-hydroxylation sites is 1. The van der Waals surface area contributed by atoms with Crippen LogP contribution in [-0.2, 0) is 11.3 Å². The molecule has 1 aromatic heterocycles. The summed E-state index contributed by atoms with van der Waals surface area (Å²) in [5, 5.41) is 0.581. The molecule has 2 aromatic carbocycles. The van der Waals surface area contributed by atoms with E-state index in [1.807, 2.05) is 30.3 Å². The second-order valence-corrected chi connectivity index (χ2v) is 4.52. The number of carbonyl (C=O) groups is 2. The predicted octanol–water partition coefficient (Wildman–Crippen LogP) is 3.60. The van der Waals surface area contributed by atoms with Crippen LogP contribution in [0.15, 0.2) is 59.0 Å². The first kappa shape index (κ1) is 13.1. The van der Waals surface area contributed by atoms with Crippen molar-refractivity contribution in [3.8, 4) is 0 Å². The van der Waals surface area contributed by atoms with Gasteiger partial charge >= 0.3 is 5.97 Å². The SMILES string of the molecule is O=Cc1oc2ccccc2c1C(=O)OCc1ccccc1.